The molecule has 128 valence electrons. The number of likely N-dealkylation sites (N-methyl/N-ethyl adjacent to an activating group) is 1. The highest BCUT2D eigenvalue weighted by atomic mass is 19.1. The molecule has 1 aliphatic rings. The molecule has 1 saturated heterocycles. The van der Waals surface area contributed by atoms with Crippen LogP contribution in [0, 0.1) is 5.82 Å². The van der Waals surface area contributed by atoms with Gasteiger partial charge in [0, 0.05) is 19.6 Å². The second-order valence-corrected chi connectivity index (χ2v) is 6.62. The number of carbonyl (C=O) groups excluding carboxylic acids is 1. The monoisotopic (exact) mass is 322 g/mol. The molecule has 1 aliphatic heterocycles. The van der Waals surface area contributed by atoms with E-state index in [1.165, 1.54) is 12.1 Å². The summed E-state index contributed by atoms with van der Waals surface area (Å²) in [5, 5.41) is 9.62. The molecule has 1 N–H and O–H groups in total. The first kappa shape index (κ1) is 17.9. The molecular formula is C18H27FN2O2. The van der Waals surface area contributed by atoms with Gasteiger partial charge in [0.25, 0.3) is 0 Å². The van der Waals surface area contributed by atoms with E-state index < -0.39 is 0 Å². The first-order chi connectivity index (χ1) is 10.9. The second-order valence-electron chi connectivity index (χ2n) is 6.62. The Balaban J connectivity index is 1.98. The molecule has 3 atom stereocenters. The van der Waals surface area contributed by atoms with Gasteiger partial charge in [0.05, 0.1) is 12.1 Å². The molecule has 1 aromatic rings. The molecule has 5 heteroatoms. The average molecular weight is 322 g/mol. The Morgan fingerprint density at radius 2 is 2.22 bits per heavy atom. The normalized spacial score (nSPS) is 21.2. The number of aliphatic hydroxyl groups excluding tert-OH is 1. The molecule has 0 radical (unpaired) electrons. The van der Waals surface area contributed by atoms with Gasteiger partial charge in [-0.2, -0.15) is 0 Å². The van der Waals surface area contributed by atoms with Crippen LogP contribution in [0.4, 0.5) is 4.39 Å². The number of hydrogen-bond acceptors (Lipinski definition) is 3. The molecule has 3 unspecified atom stereocenters. The van der Waals surface area contributed by atoms with Crippen LogP contribution < -0.4 is 0 Å². The Kier molecular flexibility index (Phi) is 6.13. The van der Waals surface area contributed by atoms with Gasteiger partial charge in [-0.05, 0) is 57.4 Å². The van der Waals surface area contributed by atoms with Gasteiger partial charge in [-0.15, -0.1) is 0 Å². The van der Waals surface area contributed by atoms with Crippen LogP contribution in [0.3, 0.4) is 0 Å². The van der Waals surface area contributed by atoms with Gasteiger partial charge in [-0.25, -0.2) is 4.39 Å². The van der Waals surface area contributed by atoms with Crippen molar-refractivity contribution in [2.75, 3.05) is 13.6 Å². The molecule has 1 fully saturated rings. The molecule has 1 aromatic carbocycles. The lowest BCUT2D eigenvalue weighted by molar-refractivity contribution is -0.136. The maximum absolute atomic E-state index is 13.3. The largest absolute Gasteiger partial charge is 0.393 e. The molecule has 0 spiro atoms. The summed E-state index contributed by atoms with van der Waals surface area (Å²) in [6.45, 7) is 5.00. The minimum Gasteiger partial charge on any atom is -0.393 e. The molecule has 0 aromatic heterocycles. The van der Waals surface area contributed by atoms with Crippen molar-refractivity contribution in [2.24, 2.45) is 0 Å². The van der Waals surface area contributed by atoms with Gasteiger partial charge < -0.3 is 10.0 Å². The van der Waals surface area contributed by atoms with Gasteiger partial charge in [-0.1, -0.05) is 12.1 Å². The summed E-state index contributed by atoms with van der Waals surface area (Å²) < 4.78 is 13.3. The Morgan fingerprint density at radius 1 is 1.48 bits per heavy atom. The van der Waals surface area contributed by atoms with Crippen molar-refractivity contribution in [2.45, 2.75) is 57.8 Å². The summed E-state index contributed by atoms with van der Waals surface area (Å²) in [5.74, 6) is -0.250. The number of carbonyl (C=O) groups is 1. The van der Waals surface area contributed by atoms with E-state index in [4.69, 9.17) is 0 Å². The highest BCUT2D eigenvalue weighted by molar-refractivity contribution is 5.81. The molecule has 1 amide bonds. The van der Waals surface area contributed by atoms with Gasteiger partial charge in [0.1, 0.15) is 5.82 Å². The zero-order chi connectivity index (χ0) is 17.0. The van der Waals surface area contributed by atoms with E-state index in [2.05, 4.69) is 4.90 Å². The fourth-order valence-corrected chi connectivity index (χ4v) is 3.46. The summed E-state index contributed by atoms with van der Waals surface area (Å²) in [5.41, 5.74) is 0.787. The van der Waals surface area contributed by atoms with Crippen molar-refractivity contribution in [3.63, 3.8) is 0 Å². The molecule has 23 heavy (non-hydrogen) atoms. The molecule has 0 saturated carbocycles. The van der Waals surface area contributed by atoms with E-state index in [-0.39, 0.29) is 29.9 Å². The Hall–Kier alpha value is -1.46. The third-order valence-corrected chi connectivity index (χ3v) is 4.58. The minimum atomic E-state index is -0.354. The summed E-state index contributed by atoms with van der Waals surface area (Å²) in [4.78, 5) is 16.5. The Labute approximate surface area is 137 Å². The van der Waals surface area contributed by atoms with E-state index in [0.29, 0.717) is 13.0 Å². The number of rotatable bonds is 6. The van der Waals surface area contributed by atoms with Crippen molar-refractivity contribution in [1.82, 2.24) is 9.80 Å². The predicted octanol–water partition coefficient (Wildman–Crippen LogP) is 2.41. The second kappa shape index (κ2) is 7.88. The topological polar surface area (TPSA) is 43.8 Å². The van der Waals surface area contributed by atoms with Crippen LogP contribution in [0.5, 0.6) is 0 Å². The number of hydrogen-bond donors (Lipinski definition) is 1. The van der Waals surface area contributed by atoms with Gasteiger partial charge >= 0.3 is 0 Å². The van der Waals surface area contributed by atoms with E-state index >= 15 is 0 Å². The lowest BCUT2D eigenvalue weighted by Gasteiger charge is -2.33. The molecular weight excluding hydrogens is 295 g/mol. The molecule has 0 aliphatic carbocycles. The van der Waals surface area contributed by atoms with E-state index in [9.17, 15) is 14.3 Å². The Bertz CT molecular complexity index is 536. The fraction of sp³-hybridized carbons (Fsp3) is 0.611. The third kappa shape index (κ3) is 4.75. The van der Waals surface area contributed by atoms with Crippen molar-refractivity contribution < 1.29 is 14.3 Å². The summed E-state index contributed by atoms with van der Waals surface area (Å²) in [7, 11) is 1.75. The van der Waals surface area contributed by atoms with Crippen LogP contribution in [-0.2, 0) is 11.3 Å². The zero-order valence-corrected chi connectivity index (χ0v) is 14.2. The van der Waals surface area contributed by atoms with Crippen LogP contribution in [0.25, 0.3) is 0 Å². The third-order valence-electron chi connectivity index (χ3n) is 4.58. The number of nitrogens with zero attached hydrogens (tertiary/aromatic N) is 2. The van der Waals surface area contributed by atoms with Crippen molar-refractivity contribution >= 4 is 5.91 Å². The van der Waals surface area contributed by atoms with Gasteiger partial charge in [-0.3, -0.25) is 9.69 Å². The lowest BCUT2D eigenvalue weighted by atomic mass is 10.1. The quantitative estimate of drug-likeness (QED) is 0.875. The lowest BCUT2D eigenvalue weighted by Crippen LogP contribution is -2.48. The standard InChI is InChI=1S/C18H27FN2O2/c1-13(22)10-17-8-5-9-21(17)14(2)18(23)20(3)12-15-6-4-7-16(19)11-15/h4,6-7,11,13-14,17,22H,5,8-10,12H2,1-3H3. The Morgan fingerprint density at radius 3 is 2.87 bits per heavy atom. The summed E-state index contributed by atoms with van der Waals surface area (Å²) in [6.07, 6.45) is 2.43. The fourth-order valence-electron chi connectivity index (χ4n) is 3.46. The first-order valence-electron chi connectivity index (χ1n) is 8.31. The predicted molar refractivity (Wildman–Crippen MR) is 88.4 cm³/mol. The maximum atomic E-state index is 13.3. The number of aliphatic hydroxyl groups is 1. The van der Waals surface area contributed by atoms with Crippen LogP contribution in [-0.4, -0.2) is 52.6 Å². The number of amides is 1. The highest BCUT2D eigenvalue weighted by Gasteiger charge is 2.33. The maximum Gasteiger partial charge on any atom is 0.239 e. The van der Waals surface area contributed by atoms with Crippen LogP contribution >= 0.6 is 0 Å². The number of likely N-dealkylation sites (tertiary alicyclic amines) is 1. The summed E-state index contributed by atoms with van der Waals surface area (Å²) >= 11 is 0. The van der Waals surface area contributed by atoms with Crippen LogP contribution in [0.2, 0.25) is 0 Å². The number of halogens is 1. The molecule has 0 bridgehead atoms. The van der Waals surface area contributed by atoms with Crippen molar-refractivity contribution in [3.05, 3.63) is 35.6 Å². The average Bonchev–Trinajstić information content (AvgIpc) is 2.93. The van der Waals surface area contributed by atoms with E-state index in [0.717, 1.165) is 24.9 Å². The number of benzene rings is 1. The van der Waals surface area contributed by atoms with Crippen molar-refractivity contribution in [3.8, 4) is 0 Å². The molecule has 1 heterocycles. The SMILES string of the molecule is CC(O)CC1CCCN1C(C)C(=O)N(C)Cc1cccc(F)c1. The van der Waals surface area contributed by atoms with Gasteiger partial charge in [0.2, 0.25) is 5.91 Å². The highest BCUT2D eigenvalue weighted by Crippen LogP contribution is 2.24. The minimum absolute atomic E-state index is 0.0340. The molecule has 4 nitrogen and oxygen atoms in total. The van der Waals surface area contributed by atoms with Gasteiger partial charge in [0.15, 0.2) is 0 Å². The van der Waals surface area contributed by atoms with E-state index in [1.807, 2.05) is 13.0 Å². The van der Waals surface area contributed by atoms with Crippen LogP contribution in [0.1, 0.15) is 38.7 Å². The van der Waals surface area contributed by atoms with Crippen molar-refractivity contribution in [1.29, 1.82) is 0 Å². The van der Waals surface area contributed by atoms with E-state index in [1.54, 1.807) is 24.9 Å². The molecule has 2 rings (SSSR count). The smallest absolute Gasteiger partial charge is 0.239 e. The summed E-state index contributed by atoms with van der Waals surface area (Å²) in [6, 6.07) is 6.38. The first-order valence-corrected chi connectivity index (χ1v) is 8.31. The van der Waals surface area contributed by atoms with Crippen LogP contribution in [0.15, 0.2) is 24.3 Å². The zero-order valence-electron chi connectivity index (χ0n) is 14.2.